The van der Waals surface area contributed by atoms with Gasteiger partial charge in [0.25, 0.3) is 5.69 Å². The summed E-state index contributed by atoms with van der Waals surface area (Å²) in [6.07, 6.45) is 0. The summed E-state index contributed by atoms with van der Waals surface area (Å²) in [5.41, 5.74) is 6.61. The van der Waals surface area contributed by atoms with E-state index in [-0.39, 0.29) is 21.9 Å². The Labute approximate surface area is 151 Å². The molecule has 9 heteroatoms. The van der Waals surface area contributed by atoms with Crippen LogP contribution in [0, 0.1) is 10.1 Å². The highest BCUT2D eigenvalue weighted by Crippen LogP contribution is 2.30. The SMILES string of the molecule is Nc1nc(Nc2ccc(Cl)cc2)sc1C(=O)c1cccc([N+](=O)[O-])c1. The molecule has 0 amide bonds. The fourth-order valence-electron chi connectivity index (χ4n) is 2.10. The van der Waals surface area contributed by atoms with Crippen molar-refractivity contribution in [3.8, 4) is 0 Å². The quantitative estimate of drug-likeness (QED) is 0.392. The third-order valence-corrected chi connectivity index (χ3v) is 4.51. The van der Waals surface area contributed by atoms with Gasteiger partial charge in [-0.25, -0.2) is 4.98 Å². The zero-order chi connectivity index (χ0) is 18.0. The monoisotopic (exact) mass is 374 g/mol. The molecule has 0 aliphatic carbocycles. The lowest BCUT2D eigenvalue weighted by atomic mass is 10.1. The fourth-order valence-corrected chi connectivity index (χ4v) is 3.09. The highest BCUT2D eigenvalue weighted by molar-refractivity contribution is 7.18. The Morgan fingerprint density at radius 3 is 2.64 bits per heavy atom. The van der Waals surface area contributed by atoms with Crippen molar-refractivity contribution in [2.24, 2.45) is 0 Å². The molecule has 3 N–H and O–H groups in total. The number of carbonyl (C=O) groups is 1. The van der Waals surface area contributed by atoms with Gasteiger partial charge in [0, 0.05) is 28.4 Å². The Balaban J connectivity index is 1.86. The zero-order valence-electron chi connectivity index (χ0n) is 12.6. The van der Waals surface area contributed by atoms with Crippen molar-refractivity contribution < 1.29 is 9.72 Å². The summed E-state index contributed by atoms with van der Waals surface area (Å²) in [6.45, 7) is 0. The van der Waals surface area contributed by atoms with Gasteiger partial charge in [-0.15, -0.1) is 0 Å². The maximum Gasteiger partial charge on any atom is 0.270 e. The number of nitrogen functional groups attached to an aromatic ring is 1. The predicted molar refractivity (Wildman–Crippen MR) is 97.8 cm³/mol. The van der Waals surface area contributed by atoms with Gasteiger partial charge >= 0.3 is 0 Å². The van der Waals surface area contributed by atoms with Gasteiger partial charge in [-0.2, -0.15) is 0 Å². The van der Waals surface area contributed by atoms with Crippen LogP contribution in [0.2, 0.25) is 5.02 Å². The number of nitro groups is 1. The topological polar surface area (TPSA) is 111 Å². The molecule has 3 aromatic rings. The van der Waals surface area contributed by atoms with Crippen LogP contribution in [-0.4, -0.2) is 15.7 Å². The molecule has 0 aliphatic heterocycles. The van der Waals surface area contributed by atoms with E-state index in [1.54, 1.807) is 24.3 Å². The first-order valence-electron chi connectivity index (χ1n) is 7.02. The number of anilines is 3. The number of nitro benzene ring substituents is 1. The first-order chi connectivity index (χ1) is 11.9. The number of hydrogen-bond acceptors (Lipinski definition) is 7. The van der Waals surface area contributed by atoms with Crippen molar-refractivity contribution in [3.63, 3.8) is 0 Å². The van der Waals surface area contributed by atoms with Crippen LogP contribution < -0.4 is 11.1 Å². The van der Waals surface area contributed by atoms with Gasteiger partial charge in [0.1, 0.15) is 10.7 Å². The maximum atomic E-state index is 12.6. The van der Waals surface area contributed by atoms with Crippen molar-refractivity contribution >= 4 is 51.0 Å². The molecule has 0 atom stereocenters. The molecule has 0 spiro atoms. The number of nitrogens with zero attached hydrogens (tertiary/aromatic N) is 2. The number of ketones is 1. The first-order valence-corrected chi connectivity index (χ1v) is 8.21. The van der Waals surface area contributed by atoms with E-state index in [0.717, 1.165) is 17.0 Å². The lowest BCUT2D eigenvalue weighted by Gasteiger charge is -2.01. The Morgan fingerprint density at radius 1 is 1.24 bits per heavy atom. The van der Waals surface area contributed by atoms with Crippen LogP contribution in [0.4, 0.5) is 22.3 Å². The van der Waals surface area contributed by atoms with Crippen LogP contribution in [0.1, 0.15) is 15.2 Å². The number of hydrogen-bond donors (Lipinski definition) is 2. The lowest BCUT2D eigenvalue weighted by Crippen LogP contribution is -2.03. The van der Waals surface area contributed by atoms with E-state index in [2.05, 4.69) is 10.3 Å². The Kier molecular flexibility index (Phi) is 4.64. The summed E-state index contributed by atoms with van der Waals surface area (Å²) in [5.74, 6) is -0.346. The summed E-state index contributed by atoms with van der Waals surface area (Å²) in [4.78, 5) is 27.2. The number of benzene rings is 2. The molecule has 1 aromatic heterocycles. The smallest absolute Gasteiger partial charge is 0.270 e. The van der Waals surface area contributed by atoms with Crippen molar-refractivity contribution in [3.05, 3.63) is 74.1 Å². The molecule has 2 aromatic carbocycles. The van der Waals surface area contributed by atoms with Crippen LogP contribution in [-0.2, 0) is 0 Å². The molecular formula is C16H11ClN4O3S. The van der Waals surface area contributed by atoms with Gasteiger partial charge in [0.2, 0.25) is 5.78 Å². The highest BCUT2D eigenvalue weighted by Gasteiger charge is 2.20. The van der Waals surface area contributed by atoms with Crippen molar-refractivity contribution in [1.29, 1.82) is 0 Å². The number of thiazole rings is 1. The van der Waals surface area contributed by atoms with Gasteiger partial charge in [-0.3, -0.25) is 14.9 Å². The fraction of sp³-hybridized carbons (Fsp3) is 0. The Morgan fingerprint density at radius 2 is 1.96 bits per heavy atom. The van der Waals surface area contributed by atoms with Gasteiger partial charge in [0.05, 0.1) is 4.92 Å². The van der Waals surface area contributed by atoms with Crippen molar-refractivity contribution in [2.45, 2.75) is 0 Å². The average molecular weight is 375 g/mol. The molecule has 3 rings (SSSR count). The molecule has 0 bridgehead atoms. The number of carbonyl (C=O) groups excluding carboxylic acids is 1. The summed E-state index contributed by atoms with van der Waals surface area (Å²) < 4.78 is 0. The molecule has 0 aliphatic rings. The number of nitrogens with two attached hydrogens (primary N) is 1. The van der Waals surface area contributed by atoms with Gasteiger partial charge in [-0.1, -0.05) is 35.1 Å². The molecule has 7 nitrogen and oxygen atoms in total. The van der Waals surface area contributed by atoms with Gasteiger partial charge < -0.3 is 11.1 Å². The molecule has 0 fully saturated rings. The minimum absolute atomic E-state index is 0.0676. The molecule has 25 heavy (non-hydrogen) atoms. The van der Waals surface area contributed by atoms with E-state index in [1.165, 1.54) is 24.3 Å². The number of rotatable bonds is 5. The molecule has 0 saturated heterocycles. The molecule has 1 heterocycles. The second kappa shape index (κ2) is 6.88. The van der Waals surface area contributed by atoms with E-state index in [1.807, 2.05) is 0 Å². The normalized spacial score (nSPS) is 10.4. The van der Waals surface area contributed by atoms with Crippen molar-refractivity contribution in [2.75, 3.05) is 11.1 Å². The van der Waals surface area contributed by atoms with Crippen LogP contribution in [0.15, 0.2) is 48.5 Å². The minimum Gasteiger partial charge on any atom is -0.382 e. The standard InChI is InChI=1S/C16H11ClN4O3S/c17-10-4-6-11(7-5-10)19-16-20-15(18)14(25-16)13(22)9-2-1-3-12(8-9)21(23)24/h1-8H,18H2,(H,19,20). The number of aromatic nitrogens is 1. The van der Waals surface area contributed by atoms with Crippen LogP contribution in [0.25, 0.3) is 0 Å². The Bertz CT molecular complexity index is 956. The summed E-state index contributed by atoms with van der Waals surface area (Å²) in [6, 6.07) is 12.5. The summed E-state index contributed by atoms with van der Waals surface area (Å²) in [7, 11) is 0. The predicted octanol–water partition coefficient (Wildman–Crippen LogP) is 4.26. The van der Waals surface area contributed by atoms with E-state index in [0.29, 0.717) is 10.2 Å². The zero-order valence-corrected chi connectivity index (χ0v) is 14.2. The van der Waals surface area contributed by atoms with E-state index in [4.69, 9.17) is 17.3 Å². The molecule has 126 valence electrons. The van der Waals surface area contributed by atoms with Gasteiger partial charge in [0.15, 0.2) is 5.13 Å². The Hall–Kier alpha value is -2.97. The summed E-state index contributed by atoms with van der Waals surface area (Å²) in [5, 5.41) is 14.9. The third-order valence-electron chi connectivity index (χ3n) is 3.27. The second-order valence-electron chi connectivity index (χ2n) is 5.00. The minimum atomic E-state index is -0.555. The lowest BCUT2D eigenvalue weighted by molar-refractivity contribution is -0.384. The molecule has 0 unspecified atom stereocenters. The second-order valence-corrected chi connectivity index (χ2v) is 6.44. The van der Waals surface area contributed by atoms with E-state index in [9.17, 15) is 14.9 Å². The largest absolute Gasteiger partial charge is 0.382 e. The van der Waals surface area contributed by atoms with E-state index >= 15 is 0 Å². The number of nitrogens with one attached hydrogen (secondary N) is 1. The first kappa shape index (κ1) is 16.9. The number of non-ortho nitro benzene ring substituents is 1. The molecule has 0 saturated carbocycles. The third kappa shape index (κ3) is 3.76. The number of halogens is 1. The summed E-state index contributed by atoms with van der Waals surface area (Å²) >= 11 is 6.91. The maximum absolute atomic E-state index is 12.6. The van der Waals surface area contributed by atoms with Crippen LogP contribution in [0.5, 0.6) is 0 Å². The van der Waals surface area contributed by atoms with Crippen LogP contribution in [0.3, 0.4) is 0 Å². The molecular weight excluding hydrogens is 364 g/mol. The van der Waals surface area contributed by atoms with E-state index < -0.39 is 10.7 Å². The highest BCUT2D eigenvalue weighted by atomic mass is 35.5. The van der Waals surface area contributed by atoms with Gasteiger partial charge in [-0.05, 0) is 24.3 Å². The molecule has 0 radical (unpaired) electrons. The van der Waals surface area contributed by atoms with Crippen LogP contribution >= 0.6 is 22.9 Å². The average Bonchev–Trinajstić information content (AvgIpc) is 2.96. The van der Waals surface area contributed by atoms with Crippen molar-refractivity contribution in [1.82, 2.24) is 4.98 Å².